The van der Waals surface area contributed by atoms with Gasteiger partial charge in [0.2, 0.25) is 5.91 Å². The summed E-state index contributed by atoms with van der Waals surface area (Å²) in [4.78, 5) is 41.1. The van der Waals surface area contributed by atoms with Gasteiger partial charge in [-0.3, -0.25) is 9.59 Å². The van der Waals surface area contributed by atoms with Crippen LogP contribution in [0.15, 0.2) is 30.5 Å². The Morgan fingerprint density at radius 3 is 2.44 bits per heavy atom. The molecule has 2 amide bonds. The molecule has 1 aromatic carbocycles. The van der Waals surface area contributed by atoms with Gasteiger partial charge in [0.1, 0.15) is 5.82 Å². The second-order valence-electron chi connectivity index (χ2n) is 8.36. The number of rotatable bonds is 7. The third kappa shape index (κ3) is 5.02. The molecule has 0 atom stereocenters. The molecule has 0 saturated heterocycles. The third-order valence-corrected chi connectivity index (χ3v) is 6.50. The molecule has 8 heteroatoms. The van der Waals surface area contributed by atoms with E-state index in [4.69, 9.17) is 4.98 Å². The first-order chi connectivity index (χ1) is 15.3. The number of hydrogen-bond acceptors (Lipinski definition) is 6. The molecular formula is C24H27N5O2S. The van der Waals surface area contributed by atoms with Gasteiger partial charge in [-0.05, 0) is 32.3 Å². The Balaban J connectivity index is 1.47. The van der Waals surface area contributed by atoms with E-state index in [2.05, 4.69) is 15.3 Å². The highest BCUT2D eigenvalue weighted by Gasteiger charge is 2.28. The second kappa shape index (κ2) is 9.16. The maximum Gasteiger partial charge on any atom is 0.257 e. The van der Waals surface area contributed by atoms with Gasteiger partial charge in [-0.15, -0.1) is 11.3 Å². The van der Waals surface area contributed by atoms with Gasteiger partial charge >= 0.3 is 0 Å². The van der Waals surface area contributed by atoms with Gasteiger partial charge in [-0.2, -0.15) is 0 Å². The van der Waals surface area contributed by atoms with E-state index < -0.39 is 0 Å². The van der Waals surface area contributed by atoms with E-state index >= 15 is 0 Å². The minimum absolute atomic E-state index is 0.0235. The number of nitrogens with one attached hydrogen (secondary N) is 1. The van der Waals surface area contributed by atoms with E-state index in [1.54, 1.807) is 31.6 Å². The van der Waals surface area contributed by atoms with Crippen LogP contribution in [0.3, 0.4) is 0 Å². The van der Waals surface area contributed by atoms with Crippen molar-refractivity contribution < 1.29 is 9.59 Å². The Morgan fingerprint density at radius 1 is 1.12 bits per heavy atom. The summed E-state index contributed by atoms with van der Waals surface area (Å²) in [6.07, 6.45) is 4.19. The first kappa shape index (κ1) is 22.1. The van der Waals surface area contributed by atoms with Crippen molar-refractivity contribution in [3.63, 3.8) is 0 Å². The highest BCUT2D eigenvalue weighted by Crippen LogP contribution is 2.39. The second-order valence-corrected chi connectivity index (χ2v) is 9.64. The molecule has 4 rings (SSSR count). The number of aromatic nitrogens is 3. The fourth-order valence-corrected chi connectivity index (χ4v) is 4.41. The first-order valence-electron chi connectivity index (χ1n) is 10.7. The van der Waals surface area contributed by atoms with Crippen LogP contribution >= 0.6 is 11.3 Å². The van der Waals surface area contributed by atoms with Crippen LogP contribution in [-0.4, -0.2) is 45.8 Å². The predicted molar refractivity (Wildman–Crippen MR) is 125 cm³/mol. The fourth-order valence-electron chi connectivity index (χ4n) is 3.48. The summed E-state index contributed by atoms with van der Waals surface area (Å²) >= 11 is 1.56. The fraction of sp³-hybridized carbons (Fsp3) is 0.375. The monoisotopic (exact) mass is 449 g/mol. The molecule has 2 aromatic heterocycles. The maximum absolute atomic E-state index is 12.7. The van der Waals surface area contributed by atoms with Crippen LogP contribution in [0.4, 0.5) is 0 Å². The van der Waals surface area contributed by atoms with Gasteiger partial charge in [0.05, 0.1) is 28.4 Å². The van der Waals surface area contributed by atoms with E-state index in [9.17, 15) is 9.59 Å². The minimum Gasteiger partial charge on any atom is -0.352 e. The van der Waals surface area contributed by atoms with Gasteiger partial charge in [0.25, 0.3) is 5.91 Å². The number of aryl methyl sites for hydroxylation is 2. The quantitative estimate of drug-likeness (QED) is 0.595. The van der Waals surface area contributed by atoms with Crippen LogP contribution in [0.1, 0.15) is 56.1 Å². The largest absolute Gasteiger partial charge is 0.352 e. The SMILES string of the molecule is Cc1nc(C)c(CC(=O)NCc2ccc(-c3nc(C4CC4)ncc3C(=O)N(C)C)cc2)s1. The molecule has 0 bridgehead atoms. The number of benzene rings is 1. The Labute approximate surface area is 191 Å². The Morgan fingerprint density at radius 2 is 1.84 bits per heavy atom. The highest BCUT2D eigenvalue weighted by molar-refractivity contribution is 7.11. The zero-order valence-electron chi connectivity index (χ0n) is 18.8. The van der Waals surface area contributed by atoms with Gasteiger partial charge in [0.15, 0.2) is 0 Å². The van der Waals surface area contributed by atoms with E-state index in [0.717, 1.165) is 45.4 Å². The van der Waals surface area contributed by atoms with E-state index in [1.807, 2.05) is 38.1 Å². The van der Waals surface area contributed by atoms with Crippen molar-refractivity contribution >= 4 is 23.2 Å². The number of hydrogen-bond donors (Lipinski definition) is 1. The zero-order valence-corrected chi connectivity index (χ0v) is 19.6. The average Bonchev–Trinajstić information content (AvgIpc) is 3.57. The van der Waals surface area contributed by atoms with Gasteiger partial charge < -0.3 is 10.2 Å². The summed E-state index contributed by atoms with van der Waals surface area (Å²) in [5.74, 6) is 1.06. The number of thiazole rings is 1. The molecule has 1 aliphatic carbocycles. The van der Waals surface area contributed by atoms with Crippen molar-refractivity contribution in [3.05, 3.63) is 63.0 Å². The van der Waals surface area contributed by atoms with Crippen LogP contribution in [0.25, 0.3) is 11.3 Å². The lowest BCUT2D eigenvalue weighted by Crippen LogP contribution is -2.24. The third-order valence-electron chi connectivity index (χ3n) is 5.42. The Bertz CT molecular complexity index is 1150. The van der Waals surface area contributed by atoms with E-state index in [0.29, 0.717) is 30.1 Å². The molecule has 166 valence electrons. The normalized spacial score (nSPS) is 13.1. The Kier molecular flexibility index (Phi) is 6.32. The highest BCUT2D eigenvalue weighted by atomic mass is 32.1. The predicted octanol–water partition coefficient (Wildman–Crippen LogP) is 3.66. The molecule has 32 heavy (non-hydrogen) atoms. The molecule has 1 fully saturated rings. The van der Waals surface area contributed by atoms with Crippen molar-refractivity contribution in [2.45, 2.75) is 45.6 Å². The minimum atomic E-state index is -0.118. The van der Waals surface area contributed by atoms with E-state index in [-0.39, 0.29) is 11.8 Å². The van der Waals surface area contributed by atoms with Crippen LogP contribution in [0, 0.1) is 13.8 Å². The lowest BCUT2D eigenvalue weighted by Gasteiger charge is -2.14. The molecule has 0 unspecified atom stereocenters. The summed E-state index contributed by atoms with van der Waals surface area (Å²) in [6.45, 7) is 4.32. The molecular weight excluding hydrogens is 422 g/mol. The summed E-state index contributed by atoms with van der Waals surface area (Å²) in [7, 11) is 3.45. The maximum atomic E-state index is 12.7. The van der Waals surface area contributed by atoms with Gasteiger partial charge in [-0.25, -0.2) is 15.0 Å². The molecule has 3 aromatic rings. The lowest BCUT2D eigenvalue weighted by molar-refractivity contribution is -0.120. The van der Waals surface area contributed by atoms with Crippen LogP contribution < -0.4 is 5.32 Å². The smallest absolute Gasteiger partial charge is 0.257 e. The van der Waals surface area contributed by atoms with Crippen LogP contribution in [0.5, 0.6) is 0 Å². The van der Waals surface area contributed by atoms with Crippen molar-refractivity contribution in [2.75, 3.05) is 14.1 Å². The molecule has 1 aliphatic rings. The van der Waals surface area contributed by atoms with Gasteiger partial charge in [-0.1, -0.05) is 24.3 Å². The first-order valence-corrected chi connectivity index (χ1v) is 11.5. The Hall–Kier alpha value is -3.13. The summed E-state index contributed by atoms with van der Waals surface area (Å²) < 4.78 is 0. The molecule has 2 heterocycles. The number of carbonyl (C=O) groups is 2. The molecule has 1 N–H and O–H groups in total. The molecule has 0 radical (unpaired) electrons. The summed E-state index contributed by atoms with van der Waals surface area (Å²) in [5.41, 5.74) is 3.93. The molecule has 7 nitrogen and oxygen atoms in total. The number of nitrogens with zero attached hydrogens (tertiary/aromatic N) is 4. The summed E-state index contributed by atoms with van der Waals surface area (Å²) in [6, 6.07) is 7.81. The molecule has 1 saturated carbocycles. The lowest BCUT2D eigenvalue weighted by atomic mass is 10.0. The van der Waals surface area contributed by atoms with Crippen LogP contribution in [-0.2, 0) is 17.8 Å². The van der Waals surface area contributed by atoms with Crippen molar-refractivity contribution in [1.82, 2.24) is 25.2 Å². The van der Waals surface area contributed by atoms with Gasteiger partial charge in [0, 0.05) is 43.2 Å². The molecule has 0 spiro atoms. The summed E-state index contributed by atoms with van der Waals surface area (Å²) in [5, 5.41) is 3.95. The standard InChI is InChI=1S/C24H27N5O2S/c1-14-20(32-15(2)27-14)11-21(30)25-12-16-5-7-17(8-6-16)22-19(24(31)29(3)4)13-26-23(28-22)18-9-10-18/h5-8,13,18H,9-12H2,1-4H3,(H,25,30). The molecule has 0 aliphatic heterocycles. The topological polar surface area (TPSA) is 88.1 Å². The van der Waals surface area contributed by atoms with Crippen molar-refractivity contribution in [2.24, 2.45) is 0 Å². The number of amides is 2. The van der Waals surface area contributed by atoms with Crippen LogP contribution in [0.2, 0.25) is 0 Å². The zero-order chi connectivity index (χ0) is 22.8. The van der Waals surface area contributed by atoms with E-state index in [1.165, 1.54) is 4.90 Å². The number of carbonyl (C=O) groups excluding carboxylic acids is 2. The van der Waals surface area contributed by atoms with Crippen molar-refractivity contribution in [3.8, 4) is 11.3 Å². The van der Waals surface area contributed by atoms with Crippen molar-refractivity contribution in [1.29, 1.82) is 0 Å². The average molecular weight is 450 g/mol.